The van der Waals surface area contributed by atoms with E-state index in [2.05, 4.69) is 5.32 Å². The van der Waals surface area contributed by atoms with Crippen molar-refractivity contribution in [3.05, 3.63) is 0 Å². The molecule has 4 nitrogen and oxygen atoms in total. The summed E-state index contributed by atoms with van der Waals surface area (Å²) in [5.74, 6) is 0.980. The van der Waals surface area contributed by atoms with Gasteiger partial charge in [-0.05, 0) is 18.9 Å². The Labute approximate surface area is 94.4 Å². The lowest BCUT2D eigenvalue weighted by molar-refractivity contribution is -0.121. The molecule has 5 heteroatoms. The average molecular weight is 234 g/mol. The van der Waals surface area contributed by atoms with Crippen molar-refractivity contribution in [3.63, 3.8) is 0 Å². The van der Waals surface area contributed by atoms with E-state index in [1.807, 2.05) is 6.92 Å². The van der Waals surface area contributed by atoms with E-state index in [4.69, 9.17) is 5.73 Å². The standard InChI is InChI=1S/C10H22N2O2S/c1-3-9(8-11)7-10(13)12-5-4-6-15(2)14/h9H,3-8,11H2,1-2H3,(H,12,13). The van der Waals surface area contributed by atoms with Crippen LogP contribution in [0.25, 0.3) is 0 Å². The predicted octanol–water partition coefficient (Wildman–Crippen LogP) is 0.246. The first-order valence-electron chi connectivity index (χ1n) is 5.36. The molecule has 1 amide bonds. The SMILES string of the molecule is CCC(CN)CC(=O)NCCCS(C)=O. The van der Waals surface area contributed by atoms with E-state index < -0.39 is 10.8 Å². The van der Waals surface area contributed by atoms with Crippen molar-refractivity contribution in [2.45, 2.75) is 26.2 Å². The van der Waals surface area contributed by atoms with Gasteiger partial charge in [0.1, 0.15) is 0 Å². The Bertz CT molecular complexity index is 206. The maximum absolute atomic E-state index is 11.4. The van der Waals surface area contributed by atoms with Crippen molar-refractivity contribution in [1.82, 2.24) is 5.32 Å². The van der Waals surface area contributed by atoms with Gasteiger partial charge in [-0.15, -0.1) is 0 Å². The van der Waals surface area contributed by atoms with Crippen molar-refractivity contribution < 1.29 is 9.00 Å². The smallest absolute Gasteiger partial charge is 0.220 e. The van der Waals surface area contributed by atoms with Gasteiger partial charge in [0.2, 0.25) is 5.91 Å². The van der Waals surface area contributed by atoms with Gasteiger partial charge in [-0.25, -0.2) is 0 Å². The summed E-state index contributed by atoms with van der Waals surface area (Å²) in [6.07, 6.45) is 3.88. The van der Waals surface area contributed by atoms with Crippen LogP contribution in [0.4, 0.5) is 0 Å². The second-order valence-corrected chi connectivity index (χ2v) is 5.25. The number of nitrogens with one attached hydrogen (secondary N) is 1. The third-order valence-electron chi connectivity index (χ3n) is 2.32. The topological polar surface area (TPSA) is 72.2 Å². The fourth-order valence-corrected chi connectivity index (χ4v) is 1.78. The molecule has 15 heavy (non-hydrogen) atoms. The Morgan fingerprint density at radius 3 is 2.67 bits per heavy atom. The minimum atomic E-state index is -0.766. The first-order chi connectivity index (χ1) is 7.10. The molecule has 0 aromatic rings. The molecule has 0 aliphatic carbocycles. The van der Waals surface area contributed by atoms with Gasteiger partial charge < -0.3 is 11.1 Å². The van der Waals surface area contributed by atoms with Crippen molar-refractivity contribution in [2.24, 2.45) is 11.7 Å². The molecule has 2 atom stereocenters. The number of carbonyl (C=O) groups is 1. The van der Waals surface area contributed by atoms with Gasteiger partial charge in [-0.1, -0.05) is 13.3 Å². The summed E-state index contributed by atoms with van der Waals surface area (Å²) in [4.78, 5) is 11.4. The van der Waals surface area contributed by atoms with Crippen LogP contribution in [-0.2, 0) is 15.6 Å². The molecule has 3 N–H and O–H groups in total. The fraction of sp³-hybridized carbons (Fsp3) is 0.900. The van der Waals surface area contributed by atoms with E-state index >= 15 is 0 Å². The summed E-state index contributed by atoms with van der Waals surface area (Å²) in [6.45, 7) is 3.20. The zero-order chi connectivity index (χ0) is 11.7. The summed E-state index contributed by atoms with van der Waals surface area (Å²) in [5.41, 5.74) is 5.51. The minimum Gasteiger partial charge on any atom is -0.356 e. The van der Waals surface area contributed by atoms with Gasteiger partial charge >= 0.3 is 0 Å². The molecule has 0 aromatic heterocycles. The largest absolute Gasteiger partial charge is 0.356 e. The fourth-order valence-electron chi connectivity index (χ4n) is 1.23. The second-order valence-electron chi connectivity index (χ2n) is 3.69. The summed E-state index contributed by atoms with van der Waals surface area (Å²) in [6, 6.07) is 0. The first kappa shape index (κ1) is 14.6. The summed E-state index contributed by atoms with van der Waals surface area (Å²) in [7, 11) is -0.766. The lowest BCUT2D eigenvalue weighted by Gasteiger charge is -2.11. The molecule has 0 aliphatic rings. The van der Waals surface area contributed by atoms with E-state index in [0.29, 0.717) is 25.3 Å². The van der Waals surface area contributed by atoms with Crippen LogP contribution in [0.1, 0.15) is 26.2 Å². The molecule has 0 rings (SSSR count). The van der Waals surface area contributed by atoms with Crippen molar-refractivity contribution in [3.8, 4) is 0 Å². The maximum Gasteiger partial charge on any atom is 0.220 e. The summed E-state index contributed by atoms with van der Waals surface area (Å²) >= 11 is 0. The minimum absolute atomic E-state index is 0.0502. The number of hydrogen-bond acceptors (Lipinski definition) is 3. The number of carbonyl (C=O) groups excluding carboxylic acids is 1. The van der Waals surface area contributed by atoms with Gasteiger partial charge in [0.05, 0.1) is 0 Å². The third-order valence-corrected chi connectivity index (χ3v) is 3.18. The van der Waals surface area contributed by atoms with Crippen LogP contribution in [0, 0.1) is 5.92 Å². The highest BCUT2D eigenvalue weighted by Crippen LogP contribution is 2.04. The van der Waals surface area contributed by atoms with Gasteiger partial charge in [0.15, 0.2) is 0 Å². The lowest BCUT2D eigenvalue weighted by Crippen LogP contribution is -2.29. The second kappa shape index (κ2) is 8.85. The zero-order valence-electron chi connectivity index (χ0n) is 9.62. The van der Waals surface area contributed by atoms with E-state index in [9.17, 15) is 9.00 Å². The van der Waals surface area contributed by atoms with E-state index in [-0.39, 0.29) is 11.8 Å². The Kier molecular flexibility index (Phi) is 8.61. The Morgan fingerprint density at radius 2 is 2.20 bits per heavy atom. The Balaban J connectivity index is 3.52. The first-order valence-corrected chi connectivity index (χ1v) is 7.09. The molecular weight excluding hydrogens is 212 g/mol. The van der Waals surface area contributed by atoms with Crippen LogP contribution < -0.4 is 11.1 Å². The average Bonchev–Trinajstić information content (AvgIpc) is 2.20. The molecule has 0 radical (unpaired) electrons. The number of nitrogens with two attached hydrogens (primary N) is 1. The van der Waals surface area contributed by atoms with E-state index in [1.54, 1.807) is 6.26 Å². The maximum atomic E-state index is 11.4. The highest BCUT2D eigenvalue weighted by molar-refractivity contribution is 7.84. The zero-order valence-corrected chi connectivity index (χ0v) is 10.4. The van der Waals surface area contributed by atoms with Crippen LogP contribution in [0.15, 0.2) is 0 Å². The van der Waals surface area contributed by atoms with Crippen molar-refractivity contribution in [2.75, 3.05) is 25.1 Å². The summed E-state index contributed by atoms with van der Waals surface area (Å²) < 4.78 is 10.7. The molecule has 0 aromatic carbocycles. The van der Waals surface area contributed by atoms with E-state index in [0.717, 1.165) is 12.8 Å². The molecule has 0 bridgehead atoms. The highest BCUT2D eigenvalue weighted by atomic mass is 32.2. The quantitative estimate of drug-likeness (QED) is 0.591. The molecule has 90 valence electrons. The molecule has 0 saturated carbocycles. The normalized spacial score (nSPS) is 14.6. The van der Waals surface area contributed by atoms with Gasteiger partial charge in [0, 0.05) is 35.8 Å². The lowest BCUT2D eigenvalue weighted by atomic mass is 10.0. The predicted molar refractivity (Wildman–Crippen MR) is 64.0 cm³/mol. The van der Waals surface area contributed by atoms with Crippen LogP contribution in [0.3, 0.4) is 0 Å². The van der Waals surface area contributed by atoms with Crippen LogP contribution in [-0.4, -0.2) is 35.2 Å². The number of rotatable bonds is 8. The number of amides is 1. The molecule has 0 fully saturated rings. The Hall–Kier alpha value is -0.420. The molecule has 0 saturated heterocycles. The third kappa shape index (κ3) is 8.57. The van der Waals surface area contributed by atoms with Crippen molar-refractivity contribution in [1.29, 1.82) is 0 Å². The van der Waals surface area contributed by atoms with Crippen LogP contribution in [0.2, 0.25) is 0 Å². The molecule has 2 unspecified atom stereocenters. The van der Waals surface area contributed by atoms with Crippen molar-refractivity contribution >= 4 is 16.7 Å². The monoisotopic (exact) mass is 234 g/mol. The molecule has 0 spiro atoms. The van der Waals surface area contributed by atoms with Gasteiger partial charge in [-0.2, -0.15) is 0 Å². The van der Waals surface area contributed by atoms with Gasteiger partial charge in [-0.3, -0.25) is 9.00 Å². The number of hydrogen-bond donors (Lipinski definition) is 2. The molecule has 0 aliphatic heterocycles. The van der Waals surface area contributed by atoms with Gasteiger partial charge in [0.25, 0.3) is 0 Å². The van der Waals surface area contributed by atoms with E-state index in [1.165, 1.54) is 0 Å². The van der Waals surface area contributed by atoms with Crippen LogP contribution >= 0.6 is 0 Å². The highest BCUT2D eigenvalue weighted by Gasteiger charge is 2.09. The summed E-state index contributed by atoms with van der Waals surface area (Å²) in [5, 5.41) is 2.81. The Morgan fingerprint density at radius 1 is 1.53 bits per heavy atom. The molecular formula is C10H22N2O2S. The van der Waals surface area contributed by atoms with Crippen LogP contribution in [0.5, 0.6) is 0 Å². The molecule has 0 heterocycles.